The van der Waals surface area contributed by atoms with E-state index < -0.39 is 0 Å². The molecule has 0 aliphatic heterocycles. The molecule has 2 heterocycles. The number of aromatic nitrogens is 1. The van der Waals surface area contributed by atoms with Crippen LogP contribution in [0.1, 0.15) is 0 Å². The second-order valence-electron chi connectivity index (χ2n) is 13.0. The molecule has 0 aliphatic carbocycles. The van der Waals surface area contributed by atoms with Crippen molar-refractivity contribution >= 4 is 70.4 Å². The Kier molecular flexibility index (Phi) is 7.04. The smallest absolute Gasteiger partial charge is 0.0547 e. The van der Waals surface area contributed by atoms with Gasteiger partial charge in [-0.05, 0) is 89.0 Å². The van der Waals surface area contributed by atoms with E-state index in [1.165, 1.54) is 69.9 Å². The largest absolute Gasteiger partial charge is 0.310 e. The molecule has 240 valence electrons. The van der Waals surface area contributed by atoms with Crippen molar-refractivity contribution in [1.29, 1.82) is 0 Å². The lowest BCUT2D eigenvalue weighted by molar-refractivity contribution is 1.18. The van der Waals surface area contributed by atoms with Gasteiger partial charge >= 0.3 is 0 Å². The van der Waals surface area contributed by atoms with Crippen LogP contribution in [-0.2, 0) is 0 Å². The van der Waals surface area contributed by atoms with Crippen LogP contribution < -0.4 is 4.90 Å². The van der Waals surface area contributed by atoms with Crippen LogP contribution in [0.2, 0.25) is 0 Å². The van der Waals surface area contributed by atoms with Gasteiger partial charge in [0.05, 0.1) is 11.0 Å². The van der Waals surface area contributed by atoms with Crippen molar-refractivity contribution in [3.05, 3.63) is 194 Å². The number of hydrogen-bond donors (Lipinski definition) is 0. The first kappa shape index (κ1) is 29.5. The van der Waals surface area contributed by atoms with Crippen molar-refractivity contribution in [2.24, 2.45) is 0 Å². The van der Waals surface area contributed by atoms with Gasteiger partial charge in [-0.25, -0.2) is 0 Å². The minimum atomic E-state index is 1.12. The third kappa shape index (κ3) is 5.10. The predicted octanol–water partition coefficient (Wildman–Crippen LogP) is 14.0. The molecule has 10 aromatic rings. The summed E-state index contributed by atoms with van der Waals surface area (Å²) in [5, 5.41) is 5.15. The van der Waals surface area contributed by atoms with Gasteiger partial charge in [-0.3, -0.25) is 0 Å². The number of thiophene rings is 1. The van der Waals surface area contributed by atoms with Crippen LogP contribution >= 0.6 is 11.3 Å². The second-order valence-corrected chi connectivity index (χ2v) is 14.1. The first-order valence-corrected chi connectivity index (χ1v) is 18.2. The SMILES string of the molecule is c1ccc(-c2ccc(N(c3ccc(-c4ccc5c6ccccc6n(-c6ccccc6)c5c4)cc3)c3ccc4c(c3)sc3ccccc34)cc2)cc1. The molecular weight excluding hydrogens is 637 g/mol. The lowest BCUT2D eigenvalue weighted by Gasteiger charge is -2.26. The van der Waals surface area contributed by atoms with Gasteiger partial charge in [0.2, 0.25) is 0 Å². The molecule has 0 aliphatic rings. The van der Waals surface area contributed by atoms with Gasteiger partial charge in [0.15, 0.2) is 0 Å². The zero-order valence-electron chi connectivity index (χ0n) is 27.8. The van der Waals surface area contributed by atoms with Crippen molar-refractivity contribution in [3.63, 3.8) is 0 Å². The van der Waals surface area contributed by atoms with E-state index in [2.05, 4.69) is 204 Å². The highest BCUT2D eigenvalue weighted by Crippen LogP contribution is 2.42. The van der Waals surface area contributed by atoms with Crippen molar-refractivity contribution in [3.8, 4) is 27.9 Å². The summed E-state index contributed by atoms with van der Waals surface area (Å²) in [5.74, 6) is 0. The van der Waals surface area contributed by atoms with E-state index in [0.717, 1.165) is 17.1 Å². The molecule has 2 aromatic heterocycles. The van der Waals surface area contributed by atoms with Crippen LogP contribution in [0.5, 0.6) is 0 Å². The fraction of sp³-hybridized carbons (Fsp3) is 0. The molecule has 0 saturated carbocycles. The Hall–Kier alpha value is -6.42. The molecule has 0 amide bonds. The molecule has 0 unspecified atom stereocenters. The Bertz CT molecular complexity index is 2830. The molecule has 0 atom stereocenters. The van der Waals surface area contributed by atoms with Gasteiger partial charge in [-0.2, -0.15) is 0 Å². The van der Waals surface area contributed by atoms with Crippen LogP contribution in [0.4, 0.5) is 17.1 Å². The molecule has 0 bridgehead atoms. The Morgan fingerprint density at radius 3 is 1.59 bits per heavy atom. The summed E-state index contributed by atoms with van der Waals surface area (Å²) in [6.45, 7) is 0. The van der Waals surface area contributed by atoms with E-state index in [-0.39, 0.29) is 0 Å². The molecule has 0 spiro atoms. The molecule has 0 fully saturated rings. The molecule has 0 saturated heterocycles. The number of rotatable bonds is 6. The Labute approximate surface area is 300 Å². The minimum Gasteiger partial charge on any atom is -0.310 e. The predicted molar refractivity (Wildman–Crippen MR) is 219 cm³/mol. The maximum atomic E-state index is 2.38. The maximum Gasteiger partial charge on any atom is 0.0547 e. The molecule has 51 heavy (non-hydrogen) atoms. The Morgan fingerprint density at radius 1 is 0.333 bits per heavy atom. The highest BCUT2D eigenvalue weighted by Gasteiger charge is 2.17. The fourth-order valence-electron chi connectivity index (χ4n) is 7.54. The van der Waals surface area contributed by atoms with Crippen LogP contribution in [0, 0.1) is 0 Å². The molecule has 3 heteroatoms. The average Bonchev–Trinajstić information content (AvgIpc) is 3.74. The van der Waals surface area contributed by atoms with Crippen molar-refractivity contribution < 1.29 is 0 Å². The zero-order chi connectivity index (χ0) is 33.7. The van der Waals surface area contributed by atoms with E-state index in [9.17, 15) is 0 Å². The molecule has 0 radical (unpaired) electrons. The lowest BCUT2D eigenvalue weighted by atomic mass is 10.0. The van der Waals surface area contributed by atoms with Gasteiger partial charge in [0.25, 0.3) is 0 Å². The normalized spacial score (nSPS) is 11.5. The average molecular weight is 669 g/mol. The van der Waals surface area contributed by atoms with Crippen LogP contribution in [0.15, 0.2) is 194 Å². The molecule has 0 N–H and O–H groups in total. The number of anilines is 3. The summed E-state index contributed by atoms with van der Waals surface area (Å²) < 4.78 is 4.99. The Balaban J connectivity index is 1.08. The van der Waals surface area contributed by atoms with Gasteiger partial charge < -0.3 is 9.47 Å². The number of benzene rings is 8. The first-order chi connectivity index (χ1) is 25.3. The van der Waals surface area contributed by atoms with E-state index >= 15 is 0 Å². The number of hydrogen-bond acceptors (Lipinski definition) is 2. The maximum absolute atomic E-state index is 2.38. The van der Waals surface area contributed by atoms with E-state index in [4.69, 9.17) is 0 Å². The quantitative estimate of drug-likeness (QED) is 0.171. The third-order valence-corrected chi connectivity index (χ3v) is 11.1. The van der Waals surface area contributed by atoms with Gasteiger partial charge in [-0.1, -0.05) is 127 Å². The minimum absolute atomic E-state index is 1.12. The van der Waals surface area contributed by atoms with Crippen molar-refractivity contribution in [2.75, 3.05) is 4.90 Å². The van der Waals surface area contributed by atoms with Crippen LogP contribution in [0.3, 0.4) is 0 Å². The second kappa shape index (κ2) is 12.2. The van der Waals surface area contributed by atoms with Crippen LogP contribution in [-0.4, -0.2) is 4.57 Å². The topological polar surface area (TPSA) is 8.17 Å². The molecule has 10 rings (SSSR count). The summed E-state index contributed by atoms with van der Waals surface area (Å²) >= 11 is 1.86. The summed E-state index contributed by atoms with van der Waals surface area (Å²) in [6.07, 6.45) is 0. The summed E-state index contributed by atoms with van der Waals surface area (Å²) in [6, 6.07) is 70.4. The molecule has 2 nitrogen and oxygen atoms in total. The van der Waals surface area contributed by atoms with E-state index in [1.54, 1.807) is 0 Å². The first-order valence-electron chi connectivity index (χ1n) is 17.3. The Morgan fingerprint density at radius 2 is 0.843 bits per heavy atom. The molecular formula is C48H32N2S. The lowest BCUT2D eigenvalue weighted by Crippen LogP contribution is -2.09. The summed E-state index contributed by atoms with van der Waals surface area (Å²) in [4.78, 5) is 2.37. The van der Waals surface area contributed by atoms with Crippen LogP contribution in [0.25, 0.3) is 69.9 Å². The number of fused-ring (bicyclic) bond motifs is 6. The number of para-hydroxylation sites is 2. The monoisotopic (exact) mass is 668 g/mol. The summed E-state index contributed by atoms with van der Waals surface area (Å²) in [5.41, 5.74) is 11.8. The fourth-order valence-corrected chi connectivity index (χ4v) is 8.68. The van der Waals surface area contributed by atoms with E-state index in [0.29, 0.717) is 0 Å². The highest BCUT2D eigenvalue weighted by molar-refractivity contribution is 7.25. The zero-order valence-corrected chi connectivity index (χ0v) is 28.6. The van der Waals surface area contributed by atoms with Gasteiger partial charge in [0, 0.05) is 53.7 Å². The van der Waals surface area contributed by atoms with Gasteiger partial charge in [0.1, 0.15) is 0 Å². The van der Waals surface area contributed by atoms with Gasteiger partial charge in [-0.15, -0.1) is 11.3 Å². The number of nitrogens with zero attached hydrogens (tertiary/aromatic N) is 2. The van der Waals surface area contributed by atoms with Crippen molar-refractivity contribution in [2.45, 2.75) is 0 Å². The molecule has 8 aromatic carbocycles. The van der Waals surface area contributed by atoms with Crippen molar-refractivity contribution in [1.82, 2.24) is 4.57 Å². The van der Waals surface area contributed by atoms with E-state index in [1.807, 2.05) is 11.3 Å². The summed E-state index contributed by atoms with van der Waals surface area (Å²) in [7, 11) is 0. The third-order valence-electron chi connectivity index (χ3n) is 10.0. The standard InChI is InChI=1S/C48H32N2S/c1-3-11-33(12-4-1)34-19-24-38(25-20-34)49(40-28-30-44-43-16-8-10-18-47(43)51-48(44)32-40)39-26-21-35(22-27-39)36-23-29-42-41-15-7-9-17-45(41)50(46(42)31-36)37-13-5-2-6-14-37/h1-32H. The highest BCUT2D eigenvalue weighted by atomic mass is 32.1.